The quantitative estimate of drug-likeness (QED) is 0.747. The molecule has 0 spiro atoms. The Bertz CT molecular complexity index is 774. The van der Waals surface area contributed by atoms with Crippen LogP contribution in [0.1, 0.15) is 5.56 Å². The fourth-order valence-electron chi connectivity index (χ4n) is 2.15. The number of nitrogens with zero attached hydrogens (tertiary/aromatic N) is 1. The summed E-state index contributed by atoms with van der Waals surface area (Å²) in [7, 11) is -3.74. The predicted molar refractivity (Wildman–Crippen MR) is 93.7 cm³/mol. The Morgan fingerprint density at radius 3 is 2.21 bits per heavy atom. The Hall–Kier alpha value is -2.44. The number of benzene rings is 2. The van der Waals surface area contributed by atoms with E-state index >= 15 is 0 Å². The molecular weight excluding hydrogens is 324 g/mol. The SMILES string of the molecule is C=CCN(CC(=O)NCc1ccccc1)S(=O)(=O)c1ccccc1. The number of carbonyl (C=O) groups is 1. The summed E-state index contributed by atoms with van der Waals surface area (Å²) in [5.41, 5.74) is 0.951. The van der Waals surface area contributed by atoms with E-state index in [-0.39, 0.29) is 23.9 Å². The monoisotopic (exact) mass is 344 g/mol. The van der Waals surface area contributed by atoms with Crippen molar-refractivity contribution in [2.45, 2.75) is 11.4 Å². The van der Waals surface area contributed by atoms with Crippen LogP contribution in [-0.4, -0.2) is 31.7 Å². The zero-order valence-electron chi connectivity index (χ0n) is 13.3. The minimum absolute atomic E-state index is 0.0655. The van der Waals surface area contributed by atoms with Gasteiger partial charge in [0.15, 0.2) is 0 Å². The number of carbonyl (C=O) groups excluding carboxylic acids is 1. The molecule has 0 radical (unpaired) electrons. The molecule has 0 unspecified atom stereocenters. The highest BCUT2D eigenvalue weighted by molar-refractivity contribution is 7.89. The molecule has 0 heterocycles. The lowest BCUT2D eigenvalue weighted by molar-refractivity contribution is -0.121. The van der Waals surface area contributed by atoms with E-state index in [4.69, 9.17) is 0 Å². The molecule has 0 saturated carbocycles. The van der Waals surface area contributed by atoms with E-state index in [1.54, 1.807) is 18.2 Å². The molecule has 0 fully saturated rings. The average Bonchev–Trinajstić information content (AvgIpc) is 2.61. The van der Waals surface area contributed by atoms with Gasteiger partial charge in [0, 0.05) is 13.1 Å². The highest BCUT2D eigenvalue weighted by atomic mass is 32.2. The Kier molecular flexibility index (Phi) is 6.28. The Labute approximate surface area is 142 Å². The summed E-state index contributed by atoms with van der Waals surface area (Å²) in [6.45, 7) is 3.74. The first-order chi connectivity index (χ1) is 11.5. The van der Waals surface area contributed by atoms with Crippen molar-refractivity contribution in [1.82, 2.24) is 9.62 Å². The number of hydrogen-bond donors (Lipinski definition) is 1. The first-order valence-corrected chi connectivity index (χ1v) is 8.95. The fourth-order valence-corrected chi connectivity index (χ4v) is 3.53. The maximum Gasteiger partial charge on any atom is 0.243 e. The van der Waals surface area contributed by atoms with E-state index in [1.807, 2.05) is 30.3 Å². The van der Waals surface area contributed by atoms with Crippen LogP contribution in [0.15, 0.2) is 78.2 Å². The van der Waals surface area contributed by atoms with Gasteiger partial charge in [-0.2, -0.15) is 4.31 Å². The van der Waals surface area contributed by atoms with Crippen molar-refractivity contribution in [3.05, 3.63) is 78.9 Å². The summed E-state index contributed by atoms with van der Waals surface area (Å²) in [6, 6.07) is 17.5. The van der Waals surface area contributed by atoms with Crippen molar-refractivity contribution >= 4 is 15.9 Å². The van der Waals surface area contributed by atoms with Crippen molar-refractivity contribution in [2.75, 3.05) is 13.1 Å². The molecule has 0 atom stereocenters. The maximum atomic E-state index is 12.6. The van der Waals surface area contributed by atoms with E-state index < -0.39 is 10.0 Å². The lowest BCUT2D eigenvalue weighted by Crippen LogP contribution is -2.40. The normalized spacial score (nSPS) is 11.2. The molecule has 5 nitrogen and oxygen atoms in total. The van der Waals surface area contributed by atoms with Crippen LogP contribution < -0.4 is 5.32 Å². The third-order valence-electron chi connectivity index (χ3n) is 3.37. The van der Waals surface area contributed by atoms with E-state index in [2.05, 4.69) is 11.9 Å². The average molecular weight is 344 g/mol. The third-order valence-corrected chi connectivity index (χ3v) is 5.19. The number of hydrogen-bond acceptors (Lipinski definition) is 3. The van der Waals surface area contributed by atoms with Gasteiger partial charge in [-0.1, -0.05) is 54.6 Å². The molecule has 2 aromatic carbocycles. The second kappa shape index (κ2) is 8.42. The second-order valence-corrected chi connectivity index (χ2v) is 7.10. The highest BCUT2D eigenvalue weighted by Gasteiger charge is 2.25. The van der Waals surface area contributed by atoms with Crippen LogP contribution in [0.5, 0.6) is 0 Å². The minimum atomic E-state index is -3.74. The molecule has 1 amide bonds. The van der Waals surface area contributed by atoms with E-state index in [0.717, 1.165) is 9.87 Å². The molecule has 0 saturated heterocycles. The van der Waals surface area contributed by atoms with Gasteiger partial charge in [-0.3, -0.25) is 4.79 Å². The molecule has 2 rings (SSSR count). The van der Waals surface area contributed by atoms with E-state index in [0.29, 0.717) is 6.54 Å². The molecule has 2 aromatic rings. The Morgan fingerprint density at radius 1 is 1.04 bits per heavy atom. The molecule has 126 valence electrons. The summed E-state index contributed by atoms with van der Waals surface area (Å²) in [6.07, 6.45) is 1.46. The van der Waals surface area contributed by atoms with Gasteiger partial charge in [0.05, 0.1) is 11.4 Å². The van der Waals surface area contributed by atoms with Gasteiger partial charge >= 0.3 is 0 Å². The van der Waals surface area contributed by atoms with E-state index in [1.165, 1.54) is 18.2 Å². The molecule has 6 heteroatoms. The van der Waals surface area contributed by atoms with Gasteiger partial charge in [0.25, 0.3) is 0 Å². The van der Waals surface area contributed by atoms with Gasteiger partial charge in [-0.05, 0) is 17.7 Å². The van der Waals surface area contributed by atoms with Gasteiger partial charge in [0.2, 0.25) is 15.9 Å². The summed E-state index contributed by atoms with van der Waals surface area (Å²) in [5, 5.41) is 2.73. The van der Waals surface area contributed by atoms with Crippen molar-refractivity contribution in [3.63, 3.8) is 0 Å². The van der Waals surface area contributed by atoms with Crippen molar-refractivity contribution < 1.29 is 13.2 Å². The predicted octanol–water partition coefficient (Wildman–Crippen LogP) is 2.18. The molecule has 0 aromatic heterocycles. The summed E-state index contributed by atoms with van der Waals surface area (Å²) < 4.78 is 26.4. The summed E-state index contributed by atoms with van der Waals surface area (Å²) >= 11 is 0. The third kappa shape index (κ3) is 4.78. The van der Waals surface area contributed by atoms with E-state index in [9.17, 15) is 13.2 Å². The number of amides is 1. The molecule has 0 bridgehead atoms. The smallest absolute Gasteiger partial charge is 0.243 e. The van der Waals surface area contributed by atoms with Crippen LogP contribution >= 0.6 is 0 Å². The molecule has 0 aliphatic heterocycles. The molecular formula is C18H20N2O3S. The molecule has 0 aliphatic rings. The first-order valence-electron chi connectivity index (χ1n) is 7.51. The largest absolute Gasteiger partial charge is 0.351 e. The maximum absolute atomic E-state index is 12.6. The number of sulfonamides is 1. The standard InChI is InChI=1S/C18H20N2O3S/c1-2-13-20(24(22,23)17-11-7-4-8-12-17)15-18(21)19-14-16-9-5-3-6-10-16/h2-12H,1,13-15H2,(H,19,21). The highest BCUT2D eigenvalue weighted by Crippen LogP contribution is 2.14. The summed E-state index contributed by atoms with van der Waals surface area (Å²) in [4.78, 5) is 12.3. The van der Waals surface area contributed by atoms with Crippen LogP contribution in [0.3, 0.4) is 0 Å². The van der Waals surface area contributed by atoms with Gasteiger partial charge in [0.1, 0.15) is 0 Å². The van der Waals surface area contributed by atoms with Crippen LogP contribution in [0.25, 0.3) is 0 Å². The van der Waals surface area contributed by atoms with Crippen LogP contribution in [-0.2, 0) is 21.4 Å². The van der Waals surface area contributed by atoms with Crippen molar-refractivity contribution in [1.29, 1.82) is 0 Å². The second-order valence-electron chi connectivity index (χ2n) is 5.16. The van der Waals surface area contributed by atoms with Crippen LogP contribution in [0.2, 0.25) is 0 Å². The van der Waals surface area contributed by atoms with Crippen molar-refractivity contribution in [2.24, 2.45) is 0 Å². The van der Waals surface area contributed by atoms with Crippen molar-refractivity contribution in [3.8, 4) is 0 Å². The molecule has 24 heavy (non-hydrogen) atoms. The zero-order valence-corrected chi connectivity index (χ0v) is 14.1. The number of nitrogens with one attached hydrogen (secondary N) is 1. The topological polar surface area (TPSA) is 66.5 Å². The van der Waals surface area contributed by atoms with Gasteiger partial charge in [-0.25, -0.2) is 8.42 Å². The summed E-state index contributed by atoms with van der Waals surface area (Å²) in [5.74, 6) is -0.361. The Balaban J connectivity index is 2.05. The van der Waals surface area contributed by atoms with Gasteiger partial charge in [-0.15, -0.1) is 6.58 Å². The molecule has 0 aliphatic carbocycles. The number of rotatable bonds is 8. The molecule has 1 N–H and O–H groups in total. The van der Waals surface area contributed by atoms with Gasteiger partial charge < -0.3 is 5.32 Å². The zero-order chi connectivity index (χ0) is 17.4. The van der Waals surface area contributed by atoms with Crippen LogP contribution in [0.4, 0.5) is 0 Å². The fraction of sp³-hybridized carbons (Fsp3) is 0.167. The van der Waals surface area contributed by atoms with Crippen LogP contribution in [0, 0.1) is 0 Å². The lowest BCUT2D eigenvalue weighted by Gasteiger charge is -2.20. The minimum Gasteiger partial charge on any atom is -0.351 e. The lowest BCUT2D eigenvalue weighted by atomic mass is 10.2. The Morgan fingerprint density at radius 2 is 1.62 bits per heavy atom. The first kappa shape index (κ1) is 17.9.